The molecule has 2 aromatic carbocycles. The van der Waals surface area contributed by atoms with Gasteiger partial charge in [0.2, 0.25) is 0 Å². The maximum Gasteiger partial charge on any atom is 0.127 e. The van der Waals surface area contributed by atoms with Crippen LogP contribution in [0.5, 0.6) is 0 Å². The maximum absolute atomic E-state index is 4.67. The Balaban J connectivity index is 1.53. The molecule has 0 radical (unpaired) electrons. The normalized spacial score (nSPS) is 12.2. The second-order valence-electron chi connectivity index (χ2n) is 5.80. The highest BCUT2D eigenvalue weighted by Gasteiger charge is 2.07. The van der Waals surface area contributed by atoms with Gasteiger partial charge in [-0.3, -0.25) is 0 Å². The standard InChI is InChI=1S/C20H18N4/c1-15(16-7-10-18(11-8-16)24-14-4-13-21-24)22-20-12-9-17-5-2-3-6-19(17)23-20/h2-15H,1H3,(H,22,23). The molecule has 4 heteroatoms. The van der Waals surface area contributed by atoms with Crippen LogP contribution in [0.2, 0.25) is 0 Å². The summed E-state index contributed by atoms with van der Waals surface area (Å²) in [5.41, 5.74) is 3.27. The van der Waals surface area contributed by atoms with Crippen molar-refractivity contribution in [2.45, 2.75) is 13.0 Å². The smallest absolute Gasteiger partial charge is 0.127 e. The highest BCUT2D eigenvalue weighted by molar-refractivity contribution is 5.80. The number of fused-ring (bicyclic) bond motifs is 1. The summed E-state index contributed by atoms with van der Waals surface area (Å²) >= 11 is 0. The molecular weight excluding hydrogens is 296 g/mol. The molecule has 1 N–H and O–H groups in total. The number of para-hydroxylation sites is 1. The van der Waals surface area contributed by atoms with Crippen LogP contribution >= 0.6 is 0 Å². The van der Waals surface area contributed by atoms with Crippen molar-refractivity contribution in [3.05, 3.63) is 84.7 Å². The number of nitrogens with one attached hydrogen (secondary N) is 1. The molecule has 118 valence electrons. The predicted octanol–water partition coefficient (Wildman–Crippen LogP) is 4.59. The molecule has 0 aliphatic heterocycles. The van der Waals surface area contributed by atoms with E-state index in [1.54, 1.807) is 6.20 Å². The minimum Gasteiger partial charge on any atom is -0.364 e. The number of hydrogen-bond donors (Lipinski definition) is 1. The van der Waals surface area contributed by atoms with Gasteiger partial charge < -0.3 is 5.32 Å². The summed E-state index contributed by atoms with van der Waals surface area (Å²) in [6.45, 7) is 2.14. The minimum atomic E-state index is 0.172. The second-order valence-corrected chi connectivity index (χ2v) is 5.80. The topological polar surface area (TPSA) is 42.7 Å². The van der Waals surface area contributed by atoms with Crippen LogP contribution in [0.4, 0.5) is 5.82 Å². The Bertz CT molecular complexity index is 943. The summed E-state index contributed by atoms with van der Waals surface area (Å²) < 4.78 is 1.85. The van der Waals surface area contributed by atoms with E-state index in [0.29, 0.717) is 0 Å². The molecule has 1 atom stereocenters. The summed E-state index contributed by atoms with van der Waals surface area (Å²) in [5, 5.41) is 8.87. The van der Waals surface area contributed by atoms with Crippen molar-refractivity contribution in [1.29, 1.82) is 0 Å². The zero-order valence-electron chi connectivity index (χ0n) is 13.4. The molecule has 0 spiro atoms. The first-order valence-corrected chi connectivity index (χ1v) is 8.02. The lowest BCUT2D eigenvalue weighted by atomic mass is 10.1. The average molecular weight is 314 g/mol. The molecule has 0 saturated carbocycles. The van der Waals surface area contributed by atoms with Gasteiger partial charge in [0.15, 0.2) is 0 Å². The Hall–Kier alpha value is -3.14. The fraction of sp³-hybridized carbons (Fsp3) is 0.100. The molecule has 1 unspecified atom stereocenters. The molecule has 24 heavy (non-hydrogen) atoms. The van der Waals surface area contributed by atoms with Crippen LogP contribution in [0.25, 0.3) is 16.6 Å². The summed E-state index contributed by atoms with van der Waals surface area (Å²) in [6.07, 6.45) is 3.72. The van der Waals surface area contributed by atoms with E-state index in [9.17, 15) is 0 Å². The maximum atomic E-state index is 4.67. The number of rotatable bonds is 4. The Kier molecular flexibility index (Phi) is 3.71. The van der Waals surface area contributed by atoms with Crippen LogP contribution in [0.1, 0.15) is 18.5 Å². The van der Waals surface area contributed by atoms with Crippen molar-refractivity contribution >= 4 is 16.7 Å². The van der Waals surface area contributed by atoms with Crippen LogP contribution in [0.3, 0.4) is 0 Å². The van der Waals surface area contributed by atoms with Crippen molar-refractivity contribution < 1.29 is 0 Å². The van der Waals surface area contributed by atoms with Crippen LogP contribution in [-0.4, -0.2) is 14.8 Å². The minimum absolute atomic E-state index is 0.172. The largest absolute Gasteiger partial charge is 0.364 e. The quantitative estimate of drug-likeness (QED) is 0.599. The van der Waals surface area contributed by atoms with Gasteiger partial charge >= 0.3 is 0 Å². The average Bonchev–Trinajstić information content (AvgIpc) is 3.16. The van der Waals surface area contributed by atoms with Gasteiger partial charge in [-0.05, 0) is 48.9 Å². The number of aromatic nitrogens is 3. The lowest BCUT2D eigenvalue weighted by Crippen LogP contribution is -2.08. The first kappa shape index (κ1) is 14.5. The Morgan fingerprint density at radius 3 is 2.54 bits per heavy atom. The van der Waals surface area contributed by atoms with Gasteiger partial charge in [-0.15, -0.1) is 0 Å². The van der Waals surface area contributed by atoms with Gasteiger partial charge in [0.25, 0.3) is 0 Å². The van der Waals surface area contributed by atoms with Crippen molar-refractivity contribution in [2.24, 2.45) is 0 Å². The number of nitrogens with zero attached hydrogens (tertiary/aromatic N) is 3. The van der Waals surface area contributed by atoms with Gasteiger partial charge in [-0.25, -0.2) is 9.67 Å². The monoisotopic (exact) mass is 314 g/mol. The number of hydrogen-bond acceptors (Lipinski definition) is 3. The molecule has 0 aliphatic carbocycles. The van der Waals surface area contributed by atoms with E-state index >= 15 is 0 Å². The molecular formula is C20H18N4. The molecule has 0 bridgehead atoms. The van der Waals surface area contributed by atoms with Gasteiger partial charge in [0.05, 0.1) is 11.2 Å². The van der Waals surface area contributed by atoms with E-state index in [1.165, 1.54) is 5.56 Å². The molecule has 4 nitrogen and oxygen atoms in total. The summed E-state index contributed by atoms with van der Waals surface area (Å²) in [5.74, 6) is 0.886. The summed E-state index contributed by atoms with van der Waals surface area (Å²) in [4.78, 5) is 4.67. The van der Waals surface area contributed by atoms with Gasteiger partial charge in [-0.1, -0.05) is 30.3 Å². The lowest BCUT2D eigenvalue weighted by molar-refractivity contribution is 0.860. The van der Waals surface area contributed by atoms with E-state index in [2.05, 4.69) is 58.7 Å². The molecule has 4 aromatic rings. The highest BCUT2D eigenvalue weighted by atomic mass is 15.3. The highest BCUT2D eigenvalue weighted by Crippen LogP contribution is 2.21. The summed E-state index contributed by atoms with van der Waals surface area (Å²) in [7, 11) is 0. The molecule has 0 fully saturated rings. The van der Waals surface area contributed by atoms with Crippen LogP contribution in [-0.2, 0) is 0 Å². The Morgan fingerprint density at radius 2 is 1.75 bits per heavy atom. The summed E-state index contributed by atoms with van der Waals surface area (Å²) in [6, 6.07) is 22.8. The van der Waals surface area contributed by atoms with Crippen molar-refractivity contribution in [2.75, 3.05) is 5.32 Å². The fourth-order valence-corrected chi connectivity index (χ4v) is 2.79. The van der Waals surface area contributed by atoms with Gasteiger partial charge in [-0.2, -0.15) is 5.10 Å². The zero-order chi connectivity index (χ0) is 16.4. The molecule has 0 amide bonds. The molecule has 0 aliphatic rings. The third kappa shape index (κ3) is 2.86. The van der Waals surface area contributed by atoms with E-state index in [0.717, 1.165) is 22.4 Å². The molecule has 2 heterocycles. The molecule has 4 rings (SSSR count). The van der Waals surface area contributed by atoms with E-state index in [4.69, 9.17) is 0 Å². The van der Waals surface area contributed by atoms with E-state index < -0.39 is 0 Å². The van der Waals surface area contributed by atoms with Gasteiger partial charge in [0.1, 0.15) is 5.82 Å². The number of benzene rings is 2. The second kappa shape index (κ2) is 6.16. The van der Waals surface area contributed by atoms with Crippen LogP contribution < -0.4 is 5.32 Å². The van der Waals surface area contributed by atoms with E-state index in [-0.39, 0.29) is 6.04 Å². The fourth-order valence-electron chi connectivity index (χ4n) is 2.79. The molecule has 2 aromatic heterocycles. The van der Waals surface area contributed by atoms with Crippen LogP contribution in [0, 0.1) is 0 Å². The third-order valence-electron chi connectivity index (χ3n) is 4.12. The zero-order valence-corrected chi connectivity index (χ0v) is 13.4. The van der Waals surface area contributed by atoms with Crippen LogP contribution in [0.15, 0.2) is 79.1 Å². The first-order chi connectivity index (χ1) is 11.8. The Labute approximate surface area is 140 Å². The van der Waals surface area contributed by atoms with Crippen molar-refractivity contribution in [1.82, 2.24) is 14.8 Å². The Morgan fingerprint density at radius 1 is 0.917 bits per heavy atom. The van der Waals surface area contributed by atoms with Gasteiger partial charge in [0, 0.05) is 23.8 Å². The lowest BCUT2D eigenvalue weighted by Gasteiger charge is -2.16. The molecule has 0 saturated heterocycles. The number of anilines is 1. The van der Waals surface area contributed by atoms with Crippen molar-refractivity contribution in [3.8, 4) is 5.69 Å². The SMILES string of the molecule is CC(Nc1ccc2ccccc2n1)c1ccc(-n2cccn2)cc1. The predicted molar refractivity (Wildman–Crippen MR) is 97.3 cm³/mol. The first-order valence-electron chi connectivity index (χ1n) is 8.02. The van der Waals surface area contributed by atoms with Crippen molar-refractivity contribution in [3.63, 3.8) is 0 Å². The third-order valence-corrected chi connectivity index (χ3v) is 4.12. The number of pyridine rings is 1. The van der Waals surface area contributed by atoms with E-state index in [1.807, 2.05) is 41.2 Å².